The number of halogens is 2. The van der Waals surface area contributed by atoms with Crippen molar-refractivity contribution in [3.63, 3.8) is 0 Å². The van der Waals surface area contributed by atoms with E-state index in [1.807, 2.05) is 6.07 Å². The Morgan fingerprint density at radius 3 is 2.78 bits per heavy atom. The average Bonchev–Trinajstić information content (AvgIpc) is 2.56. The van der Waals surface area contributed by atoms with Gasteiger partial charge < -0.3 is 10.2 Å². The van der Waals surface area contributed by atoms with Crippen molar-refractivity contribution in [3.05, 3.63) is 17.4 Å². The zero-order chi connectivity index (χ0) is 16.2. The molecule has 0 atom stereocenters. The van der Waals surface area contributed by atoms with Gasteiger partial charge in [0, 0.05) is 61.0 Å². The van der Waals surface area contributed by atoms with Crippen molar-refractivity contribution in [2.75, 3.05) is 42.9 Å². The number of unbranched alkanes of at least 4 members (excludes halogenated alkanes) is 1. The number of pyridine rings is 1. The van der Waals surface area contributed by atoms with Crippen LogP contribution in [0.15, 0.2) is 12.3 Å². The van der Waals surface area contributed by atoms with Crippen LogP contribution in [0, 0.1) is 0 Å². The van der Waals surface area contributed by atoms with Gasteiger partial charge in [-0.05, 0) is 12.5 Å². The van der Waals surface area contributed by atoms with Crippen LogP contribution in [0.2, 0.25) is 5.15 Å². The van der Waals surface area contributed by atoms with E-state index < -0.39 is 0 Å². The zero-order valence-electron chi connectivity index (χ0n) is 13.1. The maximum absolute atomic E-state index is 6.05. The van der Waals surface area contributed by atoms with Crippen LogP contribution in [0.1, 0.15) is 19.8 Å². The van der Waals surface area contributed by atoms with Gasteiger partial charge in [0.2, 0.25) is 5.95 Å². The highest BCUT2D eigenvalue weighted by Crippen LogP contribution is 2.26. The van der Waals surface area contributed by atoms with Gasteiger partial charge in [0.15, 0.2) is 0 Å². The molecule has 1 N–H and O–H groups in total. The lowest BCUT2D eigenvalue weighted by Gasteiger charge is -2.31. The Labute approximate surface area is 155 Å². The van der Waals surface area contributed by atoms with Crippen molar-refractivity contribution in [3.8, 4) is 0 Å². The molecule has 1 aliphatic heterocycles. The zero-order valence-corrected chi connectivity index (χ0v) is 16.0. The number of rotatable bonds is 5. The van der Waals surface area contributed by atoms with E-state index in [1.54, 1.807) is 6.20 Å². The molecule has 0 spiro atoms. The molecule has 2 aromatic heterocycles. The fourth-order valence-corrected chi connectivity index (χ4v) is 3.13. The summed E-state index contributed by atoms with van der Waals surface area (Å²) in [6.07, 6.45) is 3.97. The van der Waals surface area contributed by atoms with Gasteiger partial charge in [0.05, 0.1) is 11.7 Å². The van der Waals surface area contributed by atoms with E-state index in [0.29, 0.717) is 5.15 Å². The maximum atomic E-state index is 6.05. The minimum Gasteiger partial charge on any atom is -0.369 e. The normalized spacial score (nSPS) is 16.0. The van der Waals surface area contributed by atoms with Crippen molar-refractivity contribution >= 4 is 57.1 Å². The van der Waals surface area contributed by atoms with Gasteiger partial charge in [-0.25, -0.2) is 13.1 Å². The summed E-state index contributed by atoms with van der Waals surface area (Å²) in [5.74, 6) is 1.62. The number of hydrogen-bond donors (Lipinski definition) is 1. The van der Waals surface area contributed by atoms with E-state index in [4.69, 9.17) is 16.6 Å². The first-order valence-electron chi connectivity index (χ1n) is 7.90. The Morgan fingerprint density at radius 1 is 1.26 bits per heavy atom. The van der Waals surface area contributed by atoms with E-state index in [2.05, 4.69) is 53.1 Å². The molecule has 0 saturated carbocycles. The van der Waals surface area contributed by atoms with Crippen LogP contribution in [0.3, 0.4) is 0 Å². The molecule has 23 heavy (non-hydrogen) atoms. The molecule has 3 heterocycles. The largest absolute Gasteiger partial charge is 0.369 e. The first-order chi connectivity index (χ1) is 11.2. The summed E-state index contributed by atoms with van der Waals surface area (Å²) in [5, 5.41) is 4.82. The molecule has 0 aromatic carbocycles. The van der Waals surface area contributed by atoms with E-state index in [0.717, 1.165) is 68.2 Å². The lowest BCUT2D eigenvalue weighted by molar-refractivity contribution is 0.456. The third kappa shape index (κ3) is 4.13. The van der Waals surface area contributed by atoms with Crippen LogP contribution in [-0.2, 0) is 0 Å². The number of piperazine rings is 1. The van der Waals surface area contributed by atoms with Gasteiger partial charge in [-0.3, -0.25) is 0 Å². The molecule has 6 nitrogen and oxygen atoms in total. The molecular weight excluding hydrogens is 427 g/mol. The molecule has 1 fully saturated rings. The molecule has 0 amide bonds. The molecule has 0 aliphatic carbocycles. The highest BCUT2D eigenvalue weighted by atomic mass is 127. The van der Waals surface area contributed by atoms with Crippen LogP contribution in [0.4, 0.5) is 11.8 Å². The fourth-order valence-electron chi connectivity index (χ4n) is 2.54. The number of anilines is 2. The lowest BCUT2D eigenvalue weighted by atomic mass is 10.2. The first-order valence-corrected chi connectivity index (χ1v) is 9.24. The monoisotopic (exact) mass is 446 g/mol. The Hall–Kier alpha value is -0.930. The van der Waals surface area contributed by atoms with Crippen LogP contribution < -0.4 is 10.2 Å². The summed E-state index contributed by atoms with van der Waals surface area (Å²) >= 11 is 8.41. The molecule has 2 aromatic rings. The van der Waals surface area contributed by atoms with Crippen molar-refractivity contribution < 1.29 is 0 Å². The smallest absolute Gasteiger partial charge is 0.228 e. The number of hydrogen-bond acceptors (Lipinski definition) is 6. The van der Waals surface area contributed by atoms with Crippen LogP contribution in [0.5, 0.6) is 0 Å². The summed E-state index contributed by atoms with van der Waals surface area (Å²) < 4.78 is 2.29. The van der Waals surface area contributed by atoms with Gasteiger partial charge in [-0.2, -0.15) is 4.98 Å². The molecule has 0 radical (unpaired) electrons. The molecule has 1 aliphatic rings. The Kier molecular flexibility index (Phi) is 5.71. The molecule has 0 unspecified atom stereocenters. The molecule has 8 heteroatoms. The highest BCUT2D eigenvalue weighted by Gasteiger charge is 2.19. The third-order valence-electron chi connectivity index (χ3n) is 3.87. The lowest BCUT2D eigenvalue weighted by Crippen LogP contribution is -2.43. The second-order valence-electron chi connectivity index (χ2n) is 5.57. The Morgan fingerprint density at radius 2 is 2.04 bits per heavy atom. The third-order valence-corrected chi connectivity index (χ3v) is 5.04. The number of nitrogens with zero attached hydrogens (tertiary/aromatic N) is 5. The average molecular weight is 447 g/mol. The quantitative estimate of drug-likeness (QED) is 0.329. The molecular formula is C15H20ClIN6. The van der Waals surface area contributed by atoms with Crippen LogP contribution >= 0.6 is 34.5 Å². The van der Waals surface area contributed by atoms with E-state index >= 15 is 0 Å². The van der Waals surface area contributed by atoms with Crippen molar-refractivity contribution in [2.24, 2.45) is 0 Å². The molecule has 1 saturated heterocycles. The minimum absolute atomic E-state index is 0.464. The fraction of sp³-hybridized carbons (Fsp3) is 0.533. The van der Waals surface area contributed by atoms with E-state index in [1.165, 1.54) is 0 Å². The predicted octanol–water partition coefficient (Wildman–Crippen LogP) is 3.36. The summed E-state index contributed by atoms with van der Waals surface area (Å²) in [6.45, 7) is 6.96. The van der Waals surface area contributed by atoms with E-state index in [-0.39, 0.29) is 0 Å². The molecule has 3 rings (SSSR count). The second-order valence-corrected chi connectivity index (χ2v) is 7.33. The topological polar surface area (TPSA) is 57.2 Å². The van der Waals surface area contributed by atoms with Crippen LogP contribution in [0.25, 0.3) is 10.9 Å². The van der Waals surface area contributed by atoms with Gasteiger partial charge in [-0.15, -0.1) is 0 Å². The van der Waals surface area contributed by atoms with Gasteiger partial charge in [-0.1, -0.05) is 24.9 Å². The number of aromatic nitrogens is 3. The summed E-state index contributed by atoms with van der Waals surface area (Å²) in [7, 11) is 0. The summed E-state index contributed by atoms with van der Waals surface area (Å²) in [4.78, 5) is 15.8. The summed E-state index contributed by atoms with van der Waals surface area (Å²) in [6, 6.07) is 1.83. The van der Waals surface area contributed by atoms with Crippen molar-refractivity contribution in [2.45, 2.75) is 19.8 Å². The highest BCUT2D eigenvalue weighted by molar-refractivity contribution is 14.1. The predicted molar refractivity (Wildman–Crippen MR) is 104 cm³/mol. The van der Waals surface area contributed by atoms with E-state index in [9.17, 15) is 0 Å². The number of fused-ring (bicyclic) bond motifs is 1. The van der Waals surface area contributed by atoms with Gasteiger partial charge in [0.25, 0.3) is 0 Å². The first kappa shape index (κ1) is 16.9. The summed E-state index contributed by atoms with van der Waals surface area (Å²) in [5.41, 5.74) is 0.829. The van der Waals surface area contributed by atoms with Crippen molar-refractivity contribution in [1.29, 1.82) is 0 Å². The van der Waals surface area contributed by atoms with Crippen molar-refractivity contribution in [1.82, 2.24) is 18.1 Å². The maximum Gasteiger partial charge on any atom is 0.228 e. The Balaban J connectivity index is 1.94. The van der Waals surface area contributed by atoms with Gasteiger partial charge in [0.1, 0.15) is 11.0 Å². The van der Waals surface area contributed by atoms with Gasteiger partial charge >= 0.3 is 0 Å². The molecule has 0 bridgehead atoms. The second kappa shape index (κ2) is 7.76. The van der Waals surface area contributed by atoms with Crippen LogP contribution in [-0.4, -0.2) is 50.8 Å². The SMILES string of the molecule is CCCCNc1nc(N2CCN(I)CC2)nc2cnc(Cl)cc12. The minimum atomic E-state index is 0.464. The molecule has 124 valence electrons. The Bertz CT molecular complexity index is 674. The number of nitrogens with one attached hydrogen (secondary N) is 1. The standard InChI is InChI=1S/C15H20ClIN6/c1-2-3-4-18-14-11-9-13(16)19-10-12(11)20-15(21-14)22-5-7-23(17)8-6-22/h9-10H,2-8H2,1H3,(H,18,20,21).